The third-order valence-corrected chi connectivity index (χ3v) is 6.08. The maximum Gasteiger partial charge on any atom is 0.357 e. The minimum atomic E-state index is -0.261. The minimum absolute atomic E-state index is 0.119. The van der Waals surface area contributed by atoms with Crippen molar-refractivity contribution in [3.63, 3.8) is 0 Å². The number of hydrogen-bond acceptors (Lipinski definition) is 4. The predicted molar refractivity (Wildman–Crippen MR) is 88.9 cm³/mol. The van der Waals surface area contributed by atoms with Gasteiger partial charge in [-0.15, -0.1) is 0 Å². The number of nitrogens with zero attached hydrogens (tertiary/aromatic N) is 2. The van der Waals surface area contributed by atoms with E-state index < -0.39 is 0 Å². The normalized spacial score (nSPS) is 32.9. The lowest BCUT2D eigenvalue weighted by molar-refractivity contribution is -0.0299. The second-order valence-corrected chi connectivity index (χ2v) is 8.41. The van der Waals surface area contributed by atoms with Crippen molar-refractivity contribution in [2.45, 2.75) is 57.6 Å². The number of rotatable bonds is 5. The van der Waals surface area contributed by atoms with Gasteiger partial charge in [0.2, 0.25) is 0 Å². The van der Waals surface area contributed by atoms with Gasteiger partial charge in [0.15, 0.2) is 5.69 Å². The van der Waals surface area contributed by atoms with Gasteiger partial charge in [-0.3, -0.25) is 4.68 Å². The van der Waals surface area contributed by atoms with E-state index in [4.69, 9.17) is 14.6 Å². The zero-order valence-electron chi connectivity index (χ0n) is 13.0. The lowest BCUT2D eigenvalue weighted by atomic mass is 9.64. The largest absolute Gasteiger partial charge is 0.461 e. The minimum Gasteiger partial charge on any atom is -0.461 e. The van der Waals surface area contributed by atoms with E-state index in [0.717, 1.165) is 28.7 Å². The van der Waals surface area contributed by atoms with Gasteiger partial charge < -0.3 is 9.47 Å². The highest BCUT2D eigenvalue weighted by molar-refractivity contribution is 14.1. The summed E-state index contributed by atoms with van der Waals surface area (Å²) in [6, 6.07) is 0. The van der Waals surface area contributed by atoms with Crippen LogP contribution in [0.2, 0.25) is 0 Å². The predicted octanol–water partition coefficient (Wildman–Crippen LogP) is 3.11. The maximum absolute atomic E-state index is 12.4. The Hall–Kier alpha value is -0.630. The van der Waals surface area contributed by atoms with Crippen molar-refractivity contribution in [2.24, 2.45) is 5.41 Å². The van der Waals surface area contributed by atoms with Crippen molar-refractivity contribution in [3.8, 4) is 0 Å². The van der Waals surface area contributed by atoms with Crippen LogP contribution in [0.15, 0.2) is 0 Å². The molecule has 120 valence electrons. The molecule has 2 aliphatic carbocycles. The molecule has 3 heterocycles. The van der Waals surface area contributed by atoms with E-state index >= 15 is 0 Å². The standard InChI is InChI=1S/C16H21IN2O3/c1-3-21-14(20)13-11(17)12(10-4-5-10)18-19(13)8-16-6-15(2,7-16)9-22-16/h10H,3-9H2,1-2H3. The summed E-state index contributed by atoms with van der Waals surface area (Å²) in [5.41, 5.74) is 1.90. The van der Waals surface area contributed by atoms with Gasteiger partial charge in [-0.2, -0.15) is 5.10 Å². The zero-order chi connectivity index (χ0) is 15.5. The number of halogens is 1. The van der Waals surface area contributed by atoms with Crippen LogP contribution in [0, 0.1) is 8.99 Å². The third kappa shape index (κ3) is 2.29. The van der Waals surface area contributed by atoms with E-state index in [-0.39, 0.29) is 11.6 Å². The molecule has 22 heavy (non-hydrogen) atoms. The first kappa shape index (κ1) is 14.9. The molecule has 1 aromatic heterocycles. The van der Waals surface area contributed by atoms with Crippen molar-refractivity contribution in [1.29, 1.82) is 0 Å². The molecule has 0 spiro atoms. The van der Waals surface area contributed by atoms with Crippen LogP contribution in [-0.2, 0) is 16.0 Å². The molecule has 1 aromatic rings. The summed E-state index contributed by atoms with van der Waals surface area (Å²) in [5, 5.41) is 4.76. The molecule has 0 aromatic carbocycles. The van der Waals surface area contributed by atoms with Crippen LogP contribution >= 0.6 is 22.6 Å². The summed E-state index contributed by atoms with van der Waals surface area (Å²) < 4.78 is 14.1. The number of hydrogen-bond donors (Lipinski definition) is 0. The Labute approximate surface area is 143 Å². The maximum atomic E-state index is 12.4. The van der Waals surface area contributed by atoms with Gasteiger partial charge in [0.25, 0.3) is 0 Å². The van der Waals surface area contributed by atoms with Crippen molar-refractivity contribution >= 4 is 28.6 Å². The number of ether oxygens (including phenoxy) is 2. The van der Waals surface area contributed by atoms with Gasteiger partial charge >= 0.3 is 5.97 Å². The van der Waals surface area contributed by atoms with Crippen LogP contribution in [0.3, 0.4) is 0 Å². The van der Waals surface area contributed by atoms with Crippen LogP contribution in [-0.4, -0.2) is 34.6 Å². The average molecular weight is 416 g/mol. The van der Waals surface area contributed by atoms with Gasteiger partial charge in [0.1, 0.15) is 0 Å². The highest BCUT2D eigenvalue weighted by atomic mass is 127. The molecule has 4 fully saturated rings. The molecule has 0 amide bonds. The van der Waals surface area contributed by atoms with Gasteiger partial charge in [-0.25, -0.2) is 4.79 Å². The summed E-state index contributed by atoms with van der Waals surface area (Å²) in [4.78, 5) is 12.4. The monoisotopic (exact) mass is 416 g/mol. The Kier molecular flexibility index (Phi) is 3.35. The average Bonchev–Trinajstić information content (AvgIpc) is 3.06. The first-order valence-corrected chi connectivity index (χ1v) is 9.10. The molecule has 0 radical (unpaired) electrons. The van der Waals surface area contributed by atoms with Crippen molar-refractivity contribution < 1.29 is 14.3 Å². The molecule has 0 unspecified atom stereocenters. The molecule has 2 saturated heterocycles. The lowest BCUT2D eigenvalue weighted by Crippen LogP contribution is -2.46. The lowest BCUT2D eigenvalue weighted by Gasteiger charge is -2.42. The molecule has 5 rings (SSSR count). The number of esters is 1. The van der Waals surface area contributed by atoms with Crippen LogP contribution in [0.4, 0.5) is 0 Å². The Morgan fingerprint density at radius 2 is 2.23 bits per heavy atom. The van der Waals surface area contributed by atoms with Gasteiger partial charge in [0.05, 0.1) is 34.6 Å². The van der Waals surface area contributed by atoms with E-state index in [0.29, 0.717) is 30.2 Å². The fourth-order valence-corrected chi connectivity index (χ4v) is 5.10. The quantitative estimate of drug-likeness (QED) is 0.547. The van der Waals surface area contributed by atoms with E-state index in [1.807, 2.05) is 11.6 Å². The smallest absolute Gasteiger partial charge is 0.357 e. The summed E-state index contributed by atoms with van der Waals surface area (Å²) in [7, 11) is 0. The molecule has 2 bridgehead atoms. The zero-order valence-corrected chi connectivity index (χ0v) is 15.2. The number of aromatic nitrogens is 2. The van der Waals surface area contributed by atoms with E-state index in [9.17, 15) is 4.79 Å². The molecule has 4 aliphatic rings. The Morgan fingerprint density at radius 3 is 2.77 bits per heavy atom. The molecule has 5 nitrogen and oxygen atoms in total. The van der Waals surface area contributed by atoms with Crippen LogP contribution in [0.5, 0.6) is 0 Å². The molecule has 2 saturated carbocycles. The molecule has 0 atom stereocenters. The molecular formula is C16H21IN2O3. The van der Waals surface area contributed by atoms with Crippen LogP contribution in [0.1, 0.15) is 61.6 Å². The van der Waals surface area contributed by atoms with Crippen LogP contribution < -0.4 is 0 Å². The second-order valence-electron chi connectivity index (χ2n) is 7.34. The highest BCUT2D eigenvalue weighted by Gasteiger charge is 2.60. The fraction of sp³-hybridized carbons (Fsp3) is 0.750. The van der Waals surface area contributed by atoms with Crippen molar-refractivity contribution in [3.05, 3.63) is 15.0 Å². The van der Waals surface area contributed by atoms with E-state index in [1.54, 1.807) is 0 Å². The number of carbonyl (C=O) groups excluding carboxylic acids is 1. The Morgan fingerprint density at radius 1 is 1.50 bits per heavy atom. The summed E-state index contributed by atoms with van der Waals surface area (Å²) >= 11 is 2.25. The third-order valence-electron chi connectivity index (χ3n) is 5.01. The van der Waals surface area contributed by atoms with Crippen LogP contribution in [0.25, 0.3) is 0 Å². The first-order chi connectivity index (χ1) is 10.5. The second kappa shape index (κ2) is 4.93. The Bertz CT molecular complexity index is 630. The summed E-state index contributed by atoms with van der Waals surface area (Å²) in [6.07, 6.45) is 4.49. The number of carbonyl (C=O) groups is 1. The highest BCUT2D eigenvalue weighted by Crippen LogP contribution is 2.58. The molecule has 0 N–H and O–H groups in total. The SMILES string of the molecule is CCOC(=O)c1c(I)c(C2CC2)nn1CC12CC(C)(CO1)C2. The fourth-order valence-electron chi connectivity index (χ4n) is 4.05. The molecule has 6 heteroatoms. The summed E-state index contributed by atoms with van der Waals surface area (Å²) in [5.74, 6) is 0.262. The topological polar surface area (TPSA) is 53.3 Å². The molecular weight excluding hydrogens is 395 g/mol. The van der Waals surface area contributed by atoms with Gasteiger partial charge in [-0.1, -0.05) is 6.92 Å². The van der Waals surface area contributed by atoms with Gasteiger partial charge in [0, 0.05) is 5.92 Å². The molecule has 2 aliphatic heterocycles. The first-order valence-electron chi connectivity index (χ1n) is 8.03. The summed E-state index contributed by atoms with van der Waals surface area (Å²) in [6.45, 7) is 5.99. The van der Waals surface area contributed by atoms with E-state index in [1.165, 1.54) is 12.8 Å². The van der Waals surface area contributed by atoms with E-state index in [2.05, 4.69) is 29.5 Å². The van der Waals surface area contributed by atoms with Crippen molar-refractivity contribution in [2.75, 3.05) is 13.2 Å². The van der Waals surface area contributed by atoms with Crippen molar-refractivity contribution in [1.82, 2.24) is 9.78 Å². The number of fused-ring (bicyclic) bond motifs is 1. The van der Waals surface area contributed by atoms with Gasteiger partial charge in [-0.05, 0) is 60.6 Å². The Balaban J connectivity index is 1.65.